The van der Waals surface area contributed by atoms with Gasteiger partial charge in [-0.1, -0.05) is 6.07 Å². The maximum Gasteiger partial charge on any atom is 0.0325 e. The number of nitrogens with two attached hydrogens (primary N) is 1. The summed E-state index contributed by atoms with van der Waals surface area (Å²) in [6.45, 7) is 0. The summed E-state index contributed by atoms with van der Waals surface area (Å²) in [6.07, 6.45) is 0. The average molecular weight is 189 g/mol. The number of nitrogen functional groups attached to an aromatic ring is 1. The summed E-state index contributed by atoms with van der Waals surface area (Å²) < 4.78 is 0. The van der Waals surface area contributed by atoms with Crippen LogP contribution in [0.3, 0.4) is 0 Å². The van der Waals surface area contributed by atoms with E-state index in [2.05, 4.69) is 12.6 Å². The van der Waals surface area contributed by atoms with Crippen molar-refractivity contribution in [1.29, 1.82) is 0 Å². The molecule has 1 radical (unpaired) electrons. The molecule has 0 saturated carbocycles. The molecule has 0 spiro atoms. The molecule has 0 atom stereocenters. The fourth-order valence-electron chi connectivity index (χ4n) is 0.525. The summed E-state index contributed by atoms with van der Waals surface area (Å²) in [5, 5.41) is 0. The van der Waals surface area contributed by atoms with Gasteiger partial charge in [-0.15, -0.1) is 12.6 Å². The molecule has 0 aromatic heterocycles. The van der Waals surface area contributed by atoms with Crippen molar-refractivity contribution in [3.8, 4) is 0 Å². The number of hydrogen-bond donors (Lipinski definition) is 2. The molecule has 53 valence electrons. The van der Waals surface area contributed by atoms with Crippen LogP contribution in [-0.4, -0.2) is 0 Å². The van der Waals surface area contributed by atoms with E-state index in [0.717, 1.165) is 10.6 Å². The number of hydrogen-bond acceptors (Lipinski definition) is 2. The van der Waals surface area contributed by atoms with Crippen molar-refractivity contribution in [2.45, 2.75) is 4.90 Å². The Morgan fingerprint density at radius 2 is 2.00 bits per heavy atom. The zero-order valence-electron chi connectivity index (χ0n) is 4.64. The van der Waals surface area contributed by atoms with E-state index in [-0.39, 0.29) is 17.1 Å². The van der Waals surface area contributed by atoms with Gasteiger partial charge in [0, 0.05) is 27.7 Å². The molecule has 0 amide bonds. The summed E-state index contributed by atoms with van der Waals surface area (Å²) in [4.78, 5) is 0.907. The molecule has 0 bridgehead atoms. The Hall–Kier alpha value is -0.111. The standard InChI is InChI=1S/C6H7NS.Cu/c7-5-2-1-3-6(8)4-5;/h1-4,8H,7H2;. The molecule has 9 heavy (non-hydrogen) atoms. The fraction of sp³-hybridized carbons (Fsp3) is 0. The molecule has 1 aromatic rings. The van der Waals surface area contributed by atoms with E-state index in [4.69, 9.17) is 5.73 Å². The first-order valence-corrected chi connectivity index (χ1v) is 2.78. The molecule has 3 heteroatoms. The second kappa shape index (κ2) is 3.83. The van der Waals surface area contributed by atoms with Crippen LogP contribution in [0.2, 0.25) is 0 Å². The van der Waals surface area contributed by atoms with Crippen LogP contribution < -0.4 is 5.73 Å². The first-order chi connectivity index (χ1) is 3.79. The molecule has 0 saturated heterocycles. The number of rotatable bonds is 0. The maximum atomic E-state index is 5.41. The van der Waals surface area contributed by atoms with Gasteiger partial charge >= 0.3 is 0 Å². The second-order valence-electron chi connectivity index (χ2n) is 1.59. The van der Waals surface area contributed by atoms with Crippen molar-refractivity contribution >= 4 is 18.3 Å². The molecule has 0 unspecified atom stereocenters. The fourth-order valence-corrected chi connectivity index (χ4v) is 0.760. The van der Waals surface area contributed by atoms with Gasteiger partial charge in [0.2, 0.25) is 0 Å². The smallest absolute Gasteiger partial charge is 0.0325 e. The summed E-state index contributed by atoms with van der Waals surface area (Å²) in [5.41, 5.74) is 6.17. The van der Waals surface area contributed by atoms with Gasteiger partial charge in [0.25, 0.3) is 0 Å². The predicted octanol–water partition coefficient (Wildman–Crippen LogP) is 1.55. The number of thiol groups is 1. The van der Waals surface area contributed by atoms with Crippen LogP contribution >= 0.6 is 12.6 Å². The van der Waals surface area contributed by atoms with Gasteiger partial charge in [-0.2, -0.15) is 0 Å². The SMILES string of the molecule is Nc1cccc(S)c1.[Cu]. The minimum Gasteiger partial charge on any atom is -0.399 e. The summed E-state index contributed by atoms with van der Waals surface area (Å²) >= 11 is 4.07. The first kappa shape index (κ1) is 8.89. The topological polar surface area (TPSA) is 26.0 Å². The summed E-state index contributed by atoms with van der Waals surface area (Å²) in [6, 6.07) is 7.40. The first-order valence-electron chi connectivity index (χ1n) is 2.33. The van der Waals surface area contributed by atoms with Crippen molar-refractivity contribution < 1.29 is 17.1 Å². The third-order valence-corrected chi connectivity index (χ3v) is 1.15. The van der Waals surface area contributed by atoms with Crippen molar-refractivity contribution in [1.82, 2.24) is 0 Å². The van der Waals surface area contributed by atoms with E-state index in [0.29, 0.717) is 0 Å². The molecule has 1 aromatic carbocycles. The van der Waals surface area contributed by atoms with Gasteiger partial charge in [0.05, 0.1) is 0 Å². The Balaban J connectivity index is 0.000000640. The van der Waals surface area contributed by atoms with Crippen LogP contribution in [0.1, 0.15) is 0 Å². The van der Waals surface area contributed by atoms with E-state index < -0.39 is 0 Å². The number of anilines is 1. The van der Waals surface area contributed by atoms with E-state index in [1.165, 1.54) is 0 Å². The molecule has 0 aliphatic carbocycles. The Labute approximate surface area is 70.5 Å². The third-order valence-electron chi connectivity index (χ3n) is 0.870. The number of benzene rings is 1. The normalized spacial score (nSPS) is 8.11. The minimum atomic E-state index is 0. The van der Waals surface area contributed by atoms with Gasteiger partial charge in [-0.05, 0) is 18.2 Å². The predicted molar refractivity (Wildman–Crippen MR) is 38.1 cm³/mol. The Bertz CT molecular complexity index is 173. The van der Waals surface area contributed by atoms with E-state index in [1.54, 1.807) is 0 Å². The van der Waals surface area contributed by atoms with Crippen LogP contribution in [0.5, 0.6) is 0 Å². The zero-order valence-corrected chi connectivity index (χ0v) is 6.47. The Morgan fingerprint density at radius 3 is 2.33 bits per heavy atom. The van der Waals surface area contributed by atoms with Gasteiger partial charge in [-0.25, -0.2) is 0 Å². The van der Waals surface area contributed by atoms with Crippen LogP contribution in [-0.2, 0) is 17.1 Å². The van der Waals surface area contributed by atoms with Crippen LogP contribution in [0.4, 0.5) is 5.69 Å². The van der Waals surface area contributed by atoms with Crippen molar-refractivity contribution in [3.63, 3.8) is 0 Å². The second-order valence-corrected chi connectivity index (χ2v) is 2.11. The molecular weight excluding hydrogens is 182 g/mol. The molecule has 0 aliphatic rings. The molecule has 0 aliphatic heterocycles. The van der Waals surface area contributed by atoms with Gasteiger partial charge < -0.3 is 5.73 Å². The minimum absolute atomic E-state index is 0. The van der Waals surface area contributed by atoms with Crippen LogP contribution in [0, 0.1) is 0 Å². The monoisotopic (exact) mass is 188 g/mol. The van der Waals surface area contributed by atoms with Crippen LogP contribution in [0.25, 0.3) is 0 Å². The zero-order chi connectivity index (χ0) is 5.98. The van der Waals surface area contributed by atoms with Crippen molar-refractivity contribution in [3.05, 3.63) is 24.3 Å². The Kier molecular flexibility index (Phi) is 3.78. The summed E-state index contributed by atoms with van der Waals surface area (Å²) in [7, 11) is 0. The Morgan fingerprint density at radius 1 is 1.33 bits per heavy atom. The summed E-state index contributed by atoms with van der Waals surface area (Å²) in [5.74, 6) is 0. The van der Waals surface area contributed by atoms with Gasteiger partial charge in [-0.3, -0.25) is 0 Å². The largest absolute Gasteiger partial charge is 0.399 e. The molecule has 2 N–H and O–H groups in total. The van der Waals surface area contributed by atoms with Crippen LogP contribution in [0.15, 0.2) is 29.2 Å². The third kappa shape index (κ3) is 2.80. The molecule has 1 nitrogen and oxygen atoms in total. The molecule has 0 heterocycles. The van der Waals surface area contributed by atoms with Crippen molar-refractivity contribution in [2.24, 2.45) is 0 Å². The average Bonchev–Trinajstić information content (AvgIpc) is 1.64. The quantitative estimate of drug-likeness (QED) is 0.361. The molecule has 1 rings (SSSR count). The maximum absolute atomic E-state index is 5.41. The van der Waals surface area contributed by atoms with E-state index >= 15 is 0 Å². The van der Waals surface area contributed by atoms with E-state index in [9.17, 15) is 0 Å². The van der Waals surface area contributed by atoms with E-state index in [1.807, 2.05) is 24.3 Å². The molecular formula is C6H7CuNS. The van der Waals surface area contributed by atoms with Gasteiger partial charge in [0.1, 0.15) is 0 Å². The van der Waals surface area contributed by atoms with Crippen molar-refractivity contribution in [2.75, 3.05) is 5.73 Å². The molecule has 0 fully saturated rings. The van der Waals surface area contributed by atoms with Gasteiger partial charge in [0.15, 0.2) is 0 Å².